The van der Waals surface area contributed by atoms with Crippen molar-refractivity contribution >= 4 is 27.3 Å². The van der Waals surface area contributed by atoms with Crippen LogP contribution in [0.15, 0.2) is 18.2 Å². The number of nitrogens with zero attached hydrogens (tertiary/aromatic N) is 2. The van der Waals surface area contributed by atoms with Crippen LogP contribution in [0, 0.1) is 16.0 Å². The fraction of sp³-hybridized carbons (Fsp3) is 0.500. The molecule has 10 heteroatoms. The van der Waals surface area contributed by atoms with Crippen molar-refractivity contribution in [3.8, 4) is 5.75 Å². The van der Waals surface area contributed by atoms with Gasteiger partial charge in [-0.05, 0) is 25.0 Å². The minimum absolute atomic E-state index is 0.0938. The molecule has 1 aromatic rings. The third-order valence-electron chi connectivity index (χ3n) is 3.95. The van der Waals surface area contributed by atoms with Gasteiger partial charge in [-0.25, -0.2) is 12.7 Å². The van der Waals surface area contributed by atoms with Crippen LogP contribution in [0.5, 0.6) is 5.75 Å². The number of methoxy groups -OCH3 is 1. The summed E-state index contributed by atoms with van der Waals surface area (Å²) in [6.45, 7) is 0.531. The van der Waals surface area contributed by atoms with E-state index >= 15 is 0 Å². The van der Waals surface area contributed by atoms with E-state index in [-0.39, 0.29) is 36.3 Å². The summed E-state index contributed by atoms with van der Waals surface area (Å²) in [4.78, 5) is 22.9. The van der Waals surface area contributed by atoms with E-state index in [2.05, 4.69) is 5.32 Å². The van der Waals surface area contributed by atoms with Crippen LogP contribution in [0.3, 0.4) is 0 Å². The minimum Gasteiger partial charge on any atom is -0.496 e. The highest BCUT2D eigenvalue weighted by atomic mass is 32.2. The zero-order valence-corrected chi connectivity index (χ0v) is 14.2. The van der Waals surface area contributed by atoms with Gasteiger partial charge in [0.15, 0.2) is 0 Å². The number of ether oxygens (including phenoxy) is 1. The molecule has 1 aliphatic heterocycles. The Kier molecular flexibility index (Phi) is 5.40. The summed E-state index contributed by atoms with van der Waals surface area (Å²) in [5.41, 5.74) is -0.160. The predicted octanol–water partition coefficient (Wildman–Crippen LogP) is 1.21. The number of nitro groups is 1. The van der Waals surface area contributed by atoms with Crippen LogP contribution < -0.4 is 10.1 Å². The van der Waals surface area contributed by atoms with Gasteiger partial charge in [0.25, 0.3) is 5.69 Å². The molecule has 9 nitrogen and oxygen atoms in total. The number of anilines is 1. The molecular formula is C14H19N3O6S. The van der Waals surface area contributed by atoms with Crippen molar-refractivity contribution in [1.82, 2.24) is 4.31 Å². The number of hydrogen-bond acceptors (Lipinski definition) is 6. The maximum absolute atomic E-state index is 12.3. The smallest absolute Gasteiger partial charge is 0.296 e. The molecule has 1 saturated heterocycles. The Morgan fingerprint density at radius 3 is 2.50 bits per heavy atom. The summed E-state index contributed by atoms with van der Waals surface area (Å²) < 4.78 is 29.2. The van der Waals surface area contributed by atoms with Crippen molar-refractivity contribution in [3.63, 3.8) is 0 Å². The second-order valence-corrected chi connectivity index (χ2v) is 7.55. The summed E-state index contributed by atoms with van der Waals surface area (Å²) in [7, 11) is -1.87. The van der Waals surface area contributed by atoms with Gasteiger partial charge < -0.3 is 10.1 Å². The summed E-state index contributed by atoms with van der Waals surface area (Å²) in [5.74, 6) is -0.415. The zero-order valence-electron chi connectivity index (χ0n) is 13.4. The number of amides is 1. The summed E-state index contributed by atoms with van der Waals surface area (Å²) in [6.07, 6.45) is 1.89. The summed E-state index contributed by atoms with van der Waals surface area (Å²) in [5, 5.41) is 13.7. The summed E-state index contributed by atoms with van der Waals surface area (Å²) in [6, 6.07) is 4.18. The molecule has 1 fully saturated rings. The van der Waals surface area contributed by atoms with Gasteiger partial charge in [0.05, 0.1) is 24.4 Å². The van der Waals surface area contributed by atoms with E-state index in [1.807, 2.05) is 0 Å². The van der Waals surface area contributed by atoms with Crippen molar-refractivity contribution in [2.45, 2.75) is 12.8 Å². The Morgan fingerprint density at radius 1 is 1.38 bits per heavy atom. The Labute approximate surface area is 139 Å². The molecule has 0 bridgehead atoms. The highest BCUT2D eigenvalue weighted by Gasteiger charge is 2.30. The number of nitro benzene ring substituents is 1. The van der Waals surface area contributed by atoms with E-state index in [9.17, 15) is 23.3 Å². The van der Waals surface area contributed by atoms with Gasteiger partial charge >= 0.3 is 0 Å². The van der Waals surface area contributed by atoms with Crippen LogP contribution in [0.1, 0.15) is 12.8 Å². The number of piperidine rings is 1. The lowest BCUT2D eigenvalue weighted by atomic mass is 9.97. The van der Waals surface area contributed by atoms with Gasteiger partial charge in [-0.15, -0.1) is 0 Å². The number of benzene rings is 1. The number of hydrogen-bond donors (Lipinski definition) is 1. The van der Waals surface area contributed by atoms with E-state index in [1.165, 1.54) is 29.6 Å². The van der Waals surface area contributed by atoms with Crippen molar-refractivity contribution < 1.29 is 22.9 Å². The molecular weight excluding hydrogens is 338 g/mol. The van der Waals surface area contributed by atoms with E-state index in [4.69, 9.17) is 4.74 Å². The van der Waals surface area contributed by atoms with E-state index < -0.39 is 14.9 Å². The van der Waals surface area contributed by atoms with Crippen molar-refractivity contribution in [1.29, 1.82) is 0 Å². The highest BCUT2D eigenvalue weighted by molar-refractivity contribution is 7.88. The van der Waals surface area contributed by atoms with Gasteiger partial charge in [0.1, 0.15) is 11.4 Å². The molecule has 1 aliphatic rings. The molecule has 0 radical (unpaired) electrons. The first kappa shape index (κ1) is 18.1. The fourth-order valence-electron chi connectivity index (χ4n) is 2.58. The molecule has 24 heavy (non-hydrogen) atoms. The Morgan fingerprint density at radius 2 is 2.00 bits per heavy atom. The third kappa shape index (κ3) is 4.20. The minimum atomic E-state index is -3.26. The molecule has 2 rings (SSSR count). The van der Waals surface area contributed by atoms with Gasteiger partial charge in [-0.3, -0.25) is 14.9 Å². The van der Waals surface area contributed by atoms with Crippen molar-refractivity contribution in [2.24, 2.45) is 5.92 Å². The first-order valence-corrected chi connectivity index (χ1v) is 9.15. The first-order valence-electron chi connectivity index (χ1n) is 7.31. The lowest BCUT2D eigenvalue weighted by Crippen LogP contribution is -2.40. The molecule has 1 N–H and O–H groups in total. The standard InChI is InChI=1S/C14H19N3O6S/c1-23-11-3-4-12(13(9-11)17(19)20)15-14(18)10-5-7-16(8-6-10)24(2,21)22/h3-4,9-10H,5-8H2,1-2H3,(H,15,18). The number of nitrogens with one attached hydrogen (secondary N) is 1. The second kappa shape index (κ2) is 7.14. The number of carbonyl (C=O) groups is 1. The first-order chi connectivity index (χ1) is 11.2. The average molecular weight is 357 g/mol. The third-order valence-corrected chi connectivity index (χ3v) is 5.26. The predicted molar refractivity (Wildman–Crippen MR) is 87.4 cm³/mol. The molecule has 1 aromatic carbocycles. The monoisotopic (exact) mass is 357 g/mol. The molecule has 0 spiro atoms. The normalized spacial score (nSPS) is 16.6. The van der Waals surface area contributed by atoms with E-state index in [0.29, 0.717) is 18.6 Å². The highest BCUT2D eigenvalue weighted by Crippen LogP contribution is 2.30. The SMILES string of the molecule is COc1ccc(NC(=O)C2CCN(S(C)(=O)=O)CC2)c([N+](=O)[O-])c1. The fourth-order valence-corrected chi connectivity index (χ4v) is 3.45. The summed E-state index contributed by atoms with van der Waals surface area (Å²) >= 11 is 0. The van der Waals surface area contributed by atoms with Crippen LogP contribution in [0.4, 0.5) is 11.4 Å². The Balaban J connectivity index is 2.07. The Hall–Kier alpha value is -2.20. The number of rotatable bonds is 5. The lowest BCUT2D eigenvalue weighted by Gasteiger charge is -2.29. The van der Waals surface area contributed by atoms with Crippen LogP contribution >= 0.6 is 0 Å². The molecule has 0 unspecified atom stereocenters. The van der Waals surface area contributed by atoms with Gasteiger partial charge in [0, 0.05) is 19.0 Å². The second-order valence-electron chi connectivity index (χ2n) is 5.57. The molecule has 0 atom stereocenters. The quantitative estimate of drug-likeness (QED) is 0.625. The van der Waals surface area contributed by atoms with E-state index in [0.717, 1.165) is 6.26 Å². The lowest BCUT2D eigenvalue weighted by molar-refractivity contribution is -0.384. The van der Waals surface area contributed by atoms with Crippen LogP contribution in [0.2, 0.25) is 0 Å². The molecule has 1 amide bonds. The molecule has 0 aliphatic carbocycles. The van der Waals surface area contributed by atoms with Crippen LogP contribution in [0.25, 0.3) is 0 Å². The number of sulfonamides is 1. The van der Waals surface area contributed by atoms with Crippen molar-refractivity contribution in [2.75, 3.05) is 31.8 Å². The zero-order chi connectivity index (χ0) is 17.9. The average Bonchev–Trinajstić information content (AvgIpc) is 2.54. The Bertz CT molecular complexity index is 741. The van der Waals surface area contributed by atoms with Crippen LogP contribution in [-0.4, -0.2) is 50.0 Å². The molecule has 1 heterocycles. The maximum atomic E-state index is 12.3. The van der Waals surface area contributed by atoms with Crippen LogP contribution in [-0.2, 0) is 14.8 Å². The van der Waals surface area contributed by atoms with Gasteiger partial charge in [0.2, 0.25) is 15.9 Å². The van der Waals surface area contributed by atoms with Gasteiger partial charge in [-0.1, -0.05) is 0 Å². The number of carbonyl (C=O) groups excluding carboxylic acids is 1. The molecule has 0 saturated carbocycles. The van der Waals surface area contributed by atoms with Crippen molar-refractivity contribution in [3.05, 3.63) is 28.3 Å². The molecule has 0 aromatic heterocycles. The van der Waals surface area contributed by atoms with Gasteiger partial charge in [-0.2, -0.15) is 0 Å². The molecule has 132 valence electrons. The largest absolute Gasteiger partial charge is 0.496 e. The van der Waals surface area contributed by atoms with E-state index in [1.54, 1.807) is 0 Å². The topological polar surface area (TPSA) is 119 Å². The maximum Gasteiger partial charge on any atom is 0.296 e.